The van der Waals surface area contributed by atoms with E-state index < -0.39 is 0 Å². The molecule has 0 saturated carbocycles. The average Bonchev–Trinajstić information content (AvgIpc) is 3.41. The quantitative estimate of drug-likeness (QED) is 0.222. The van der Waals surface area contributed by atoms with Crippen LogP contribution < -0.4 is 24.8 Å². The Labute approximate surface area is 280 Å². The molecule has 0 spiro atoms. The number of benzene rings is 4. The Morgan fingerprint density at radius 2 is 0.927 bits per heavy atom. The van der Waals surface area contributed by atoms with Gasteiger partial charge in [0.05, 0.1) is 0 Å². The van der Waals surface area contributed by atoms with E-state index in [2.05, 4.69) is 137 Å². The van der Waals surface area contributed by atoms with Gasteiger partial charge in [0.2, 0.25) is 0 Å². The molecule has 2 radical (unpaired) electrons. The molecule has 1 saturated heterocycles. The maximum absolute atomic E-state index is 3.44. The largest absolute Gasteiger partial charge is 4.00 e. The van der Waals surface area contributed by atoms with Crippen LogP contribution in [0, 0.1) is 24.0 Å². The first-order chi connectivity index (χ1) is 18.5. The fraction of sp³-hybridized carbons (Fsp3) is 0.243. The summed E-state index contributed by atoms with van der Waals surface area (Å²) in [6.45, 7) is 8.64. The van der Waals surface area contributed by atoms with Crippen molar-refractivity contribution in [2.45, 2.75) is 46.2 Å². The van der Waals surface area contributed by atoms with Gasteiger partial charge in [-0.2, -0.15) is 23.3 Å². The summed E-state index contributed by atoms with van der Waals surface area (Å²) in [7, 11) is 1.32. The van der Waals surface area contributed by atoms with Crippen LogP contribution in [0.3, 0.4) is 0 Å². The molecule has 1 heterocycles. The van der Waals surface area contributed by atoms with Gasteiger partial charge in [0.25, 0.3) is 0 Å². The van der Waals surface area contributed by atoms with Crippen LogP contribution >= 0.6 is 0 Å². The molecule has 41 heavy (non-hydrogen) atoms. The van der Waals surface area contributed by atoms with Crippen LogP contribution in [0.15, 0.2) is 108 Å². The molecule has 2 aliphatic carbocycles. The normalized spacial score (nSPS) is 18.3. The Morgan fingerprint density at radius 1 is 0.585 bits per heavy atom. The Hall–Kier alpha value is -1.96. The summed E-state index contributed by atoms with van der Waals surface area (Å²) in [5.74, 6) is 0.882. The minimum Gasteiger partial charge on any atom is -1.00 e. The third-order valence-electron chi connectivity index (χ3n) is 7.36. The summed E-state index contributed by atoms with van der Waals surface area (Å²) >= 11 is 0. The van der Waals surface area contributed by atoms with E-state index in [9.17, 15) is 0 Å². The van der Waals surface area contributed by atoms with Crippen molar-refractivity contribution in [1.82, 2.24) is 0 Å². The van der Waals surface area contributed by atoms with E-state index in [1.807, 2.05) is 0 Å². The molecule has 2 atom stereocenters. The van der Waals surface area contributed by atoms with Crippen LogP contribution in [0.4, 0.5) is 0 Å². The molecule has 1 aliphatic heterocycles. The second-order valence-corrected chi connectivity index (χ2v) is 12.0. The van der Waals surface area contributed by atoms with E-state index in [1.54, 1.807) is 0 Å². The molecule has 1 fully saturated rings. The van der Waals surface area contributed by atoms with Gasteiger partial charge < -0.3 is 24.8 Å². The molecule has 3 aliphatic rings. The molecule has 0 nitrogen and oxygen atoms in total. The van der Waals surface area contributed by atoms with E-state index >= 15 is 0 Å². The van der Waals surface area contributed by atoms with E-state index in [0.29, 0.717) is 11.8 Å². The van der Waals surface area contributed by atoms with Crippen molar-refractivity contribution < 1.29 is 51.0 Å². The molecule has 0 bridgehead atoms. The smallest absolute Gasteiger partial charge is 1.00 e. The number of fused-ring (bicyclic) bond motifs is 2. The van der Waals surface area contributed by atoms with Gasteiger partial charge in [-0.25, -0.2) is 11.1 Å². The summed E-state index contributed by atoms with van der Waals surface area (Å²) in [5, 5.41) is 5.21. The van der Waals surface area contributed by atoms with Crippen molar-refractivity contribution in [2.24, 2.45) is 11.8 Å². The third-order valence-corrected chi connectivity index (χ3v) is 8.77. The zero-order chi connectivity index (χ0) is 26.5. The van der Waals surface area contributed by atoms with Crippen molar-refractivity contribution >= 4 is 42.2 Å². The van der Waals surface area contributed by atoms with Crippen LogP contribution in [0.1, 0.15) is 45.2 Å². The maximum atomic E-state index is 3.44. The molecule has 2 unspecified atom stereocenters. The second-order valence-electron chi connectivity index (χ2n) is 10.5. The van der Waals surface area contributed by atoms with Crippen molar-refractivity contribution in [3.63, 3.8) is 0 Å². The van der Waals surface area contributed by atoms with Crippen LogP contribution in [0.25, 0.3) is 32.7 Å². The van der Waals surface area contributed by atoms with Gasteiger partial charge in [-0.05, 0) is 21.5 Å². The summed E-state index contributed by atoms with van der Waals surface area (Å²) in [6.07, 6.45) is 13.0. The molecule has 0 aromatic heterocycles. The van der Waals surface area contributed by atoms with E-state index in [-0.39, 0.29) is 51.0 Å². The van der Waals surface area contributed by atoms with Crippen LogP contribution in [0.2, 0.25) is 12.1 Å². The summed E-state index contributed by atoms with van der Waals surface area (Å²) in [4.78, 5) is 0. The molecular weight excluding hydrogens is 635 g/mol. The topological polar surface area (TPSA) is 0 Å². The first-order valence-electron chi connectivity index (χ1n) is 13.8. The minimum absolute atomic E-state index is 0. The zero-order valence-electron chi connectivity index (χ0n) is 24.3. The fourth-order valence-corrected chi connectivity index (χ4v) is 5.54. The Bertz CT molecular complexity index is 1460. The molecule has 0 N–H and O–H groups in total. The van der Waals surface area contributed by atoms with Gasteiger partial charge >= 0.3 is 26.2 Å². The summed E-state index contributed by atoms with van der Waals surface area (Å²) in [5.41, 5.74) is 7.82. The Morgan fingerprint density at radius 3 is 1.22 bits per heavy atom. The van der Waals surface area contributed by atoms with Crippen LogP contribution in [0.5, 0.6) is 0 Å². The average molecular weight is 671 g/mol. The minimum atomic E-state index is 0. The zero-order valence-corrected chi connectivity index (χ0v) is 29.2. The number of halogens is 2. The third kappa shape index (κ3) is 9.01. The first kappa shape index (κ1) is 35.2. The molecule has 206 valence electrons. The molecular formula is C37H36Cl2SiZr. The SMILES string of the molecule is C1C[Si]C1.CC1=[C-]C(C)C=C1c1ccc2ccccc2c1.CC1=[C-]C(C)C=C1c1ccc2ccccc2c1.[Cl-].[Cl-].[Zr+4]. The van der Waals surface area contributed by atoms with Gasteiger partial charge in [-0.15, -0.1) is 0 Å². The van der Waals surface area contributed by atoms with Gasteiger partial charge in [0, 0.05) is 9.52 Å². The Balaban J connectivity index is 0.000000237. The number of hydrogen-bond acceptors (Lipinski definition) is 0. The molecule has 4 aromatic carbocycles. The van der Waals surface area contributed by atoms with E-state index in [4.69, 9.17) is 0 Å². The van der Waals surface area contributed by atoms with Crippen molar-refractivity contribution in [2.75, 3.05) is 0 Å². The molecule has 0 amide bonds. The van der Waals surface area contributed by atoms with Gasteiger partial charge in [0.15, 0.2) is 0 Å². The standard InChI is InChI=1S/2C17H15.C3H6Si.2ClH.Zr/c2*1-12-9-13(2)17(10-12)16-8-7-14-5-3-4-6-15(14)11-16;1-2-4-3-1;;;/h2*3-8,10-12H,1-2H3;1-3H2;2*1H;/q2*-1;;;;+4/p-2. The van der Waals surface area contributed by atoms with Crippen molar-refractivity contribution in [3.8, 4) is 0 Å². The van der Waals surface area contributed by atoms with Crippen molar-refractivity contribution in [3.05, 3.63) is 132 Å². The number of allylic oxidation sites excluding steroid dienone is 8. The van der Waals surface area contributed by atoms with Gasteiger partial charge in [-0.3, -0.25) is 12.2 Å². The first-order valence-corrected chi connectivity index (χ1v) is 15.2. The van der Waals surface area contributed by atoms with Crippen LogP contribution in [-0.2, 0) is 26.2 Å². The summed E-state index contributed by atoms with van der Waals surface area (Å²) < 4.78 is 0. The number of rotatable bonds is 2. The maximum Gasteiger partial charge on any atom is 4.00 e. The van der Waals surface area contributed by atoms with Gasteiger partial charge in [0.1, 0.15) is 0 Å². The predicted molar refractivity (Wildman–Crippen MR) is 167 cm³/mol. The van der Waals surface area contributed by atoms with Gasteiger partial charge in [-0.1, -0.05) is 154 Å². The second kappa shape index (κ2) is 16.6. The predicted octanol–water partition coefficient (Wildman–Crippen LogP) is 4.18. The Kier molecular flexibility index (Phi) is 14.3. The number of hydrogen-bond donors (Lipinski definition) is 0. The van der Waals surface area contributed by atoms with E-state index in [1.165, 1.54) is 83.0 Å². The molecule has 4 heteroatoms. The van der Waals surface area contributed by atoms with E-state index in [0.717, 1.165) is 0 Å². The monoisotopic (exact) mass is 668 g/mol. The van der Waals surface area contributed by atoms with Crippen LogP contribution in [-0.4, -0.2) is 9.52 Å². The fourth-order valence-electron chi connectivity index (χ4n) is 5.19. The molecule has 7 rings (SSSR count). The summed E-state index contributed by atoms with van der Waals surface area (Å²) in [6, 6.07) is 33.4. The van der Waals surface area contributed by atoms with Crippen molar-refractivity contribution in [1.29, 1.82) is 0 Å². The molecule has 4 aromatic rings.